The molecule has 1 amide bonds. The fraction of sp³-hybridized carbons (Fsp3) is 0.188. The summed E-state index contributed by atoms with van der Waals surface area (Å²) in [6.07, 6.45) is 0. The number of carbonyl (C=O) groups is 1. The van der Waals surface area contributed by atoms with Crippen LogP contribution in [0, 0.1) is 0 Å². The highest BCUT2D eigenvalue weighted by atomic mass is 16.2. The third-order valence-electron chi connectivity index (χ3n) is 3.01. The minimum absolute atomic E-state index is 0.0468. The van der Waals surface area contributed by atoms with Gasteiger partial charge < -0.3 is 10.6 Å². The van der Waals surface area contributed by atoms with E-state index in [4.69, 9.17) is 5.73 Å². The summed E-state index contributed by atoms with van der Waals surface area (Å²) in [5.41, 5.74) is 8.25. The van der Waals surface area contributed by atoms with Crippen LogP contribution in [-0.2, 0) is 6.54 Å². The predicted molar refractivity (Wildman–Crippen MR) is 77.7 cm³/mol. The normalized spacial score (nSPS) is 10.2. The summed E-state index contributed by atoms with van der Waals surface area (Å²) in [6.45, 7) is 3.23. The second kappa shape index (κ2) is 6.05. The van der Waals surface area contributed by atoms with Gasteiger partial charge in [0.1, 0.15) is 0 Å². The lowest BCUT2D eigenvalue weighted by atomic mass is 10.1. The first kappa shape index (κ1) is 13.1. The molecule has 0 bridgehead atoms. The summed E-state index contributed by atoms with van der Waals surface area (Å²) in [4.78, 5) is 14.2. The van der Waals surface area contributed by atoms with Gasteiger partial charge in [0.15, 0.2) is 0 Å². The zero-order valence-electron chi connectivity index (χ0n) is 11.0. The maximum atomic E-state index is 12.4. The van der Waals surface area contributed by atoms with Crippen molar-refractivity contribution in [1.82, 2.24) is 4.90 Å². The van der Waals surface area contributed by atoms with Gasteiger partial charge in [-0.05, 0) is 36.8 Å². The Balaban J connectivity index is 2.15. The molecule has 3 nitrogen and oxygen atoms in total. The maximum absolute atomic E-state index is 12.4. The van der Waals surface area contributed by atoms with Crippen LogP contribution < -0.4 is 5.73 Å². The van der Waals surface area contributed by atoms with Crippen LogP contribution in [0.25, 0.3) is 0 Å². The molecule has 2 aromatic carbocycles. The van der Waals surface area contributed by atoms with Gasteiger partial charge in [-0.1, -0.05) is 30.3 Å². The molecule has 0 saturated heterocycles. The van der Waals surface area contributed by atoms with Crippen LogP contribution in [0.5, 0.6) is 0 Å². The monoisotopic (exact) mass is 254 g/mol. The van der Waals surface area contributed by atoms with Crippen molar-refractivity contribution in [2.24, 2.45) is 0 Å². The van der Waals surface area contributed by atoms with Crippen LogP contribution in [0.4, 0.5) is 5.69 Å². The lowest BCUT2D eigenvalue weighted by Gasteiger charge is -2.21. The molecule has 0 aromatic heterocycles. The molecule has 3 heteroatoms. The van der Waals surface area contributed by atoms with Crippen molar-refractivity contribution in [1.29, 1.82) is 0 Å². The summed E-state index contributed by atoms with van der Waals surface area (Å²) in [5, 5.41) is 0. The van der Waals surface area contributed by atoms with Gasteiger partial charge in [-0.15, -0.1) is 0 Å². The molecule has 0 aliphatic carbocycles. The third kappa shape index (κ3) is 3.35. The molecule has 2 rings (SSSR count). The first-order chi connectivity index (χ1) is 9.20. The SMILES string of the molecule is CCN(Cc1cccc(N)c1)C(=O)c1ccccc1. The molecule has 0 aliphatic heterocycles. The fourth-order valence-corrected chi connectivity index (χ4v) is 2.00. The van der Waals surface area contributed by atoms with E-state index in [1.54, 1.807) is 0 Å². The molecule has 0 radical (unpaired) electrons. The zero-order chi connectivity index (χ0) is 13.7. The van der Waals surface area contributed by atoms with Crippen LogP contribution in [0.2, 0.25) is 0 Å². The largest absolute Gasteiger partial charge is 0.399 e. The number of amides is 1. The lowest BCUT2D eigenvalue weighted by Crippen LogP contribution is -2.30. The van der Waals surface area contributed by atoms with Gasteiger partial charge in [-0.2, -0.15) is 0 Å². The van der Waals surface area contributed by atoms with E-state index in [2.05, 4.69) is 0 Å². The number of carbonyl (C=O) groups excluding carboxylic acids is 1. The smallest absolute Gasteiger partial charge is 0.254 e. The van der Waals surface area contributed by atoms with E-state index < -0.39 is 0 Å². The standard InChI is InChI=1S/C16H18N2O/c1-2-18(12-13-7-6-10-15(17)11-13)16(19)14-8-4-3-5-9-14/h3-11H,2,12,17H2,1H3. The van der Waals surface area contributed by atoms with Crippen molar-refractivity contribution in [3.8, 4) is 0 Å². The second-order valence-electron chi connectivity index (χ2n) is 4.43. The van der Waals surface area contributed by atoms with Crippen LogP contribution in [0.3, 0.4) is 0 Å². The van der Waals surface area contributed by atoms with Gasteiger partial charge in [0.2, 0.25) is 0 Å². The number of rotatable bonds is 4. The van der Waals surface area contributed by atoms with E-state index in [0.717, 1.165) is 11.3 Å². The van der Waals surface area contributed by atoms with Gasteiger partial charge in [0, 0.05) is 24.3 Å². The fourth-order valence-electron chi connectivity index (χ4n) is 2.00. The highest BCUT2D eigenvalue weighted by Crippen LogP contribution is 2.12. The zero-order valence-corrected chi connectivity index (χ0v) is 11.0. The van der Waals surface area contributed by atoms with E-state index in [1.165, 1.54) is 0 Å². The van der Waals surface area contributed by atoms with E-state index in [9.17, 15) is 4.79 Å². The van der Waals surface area contributed by atoms with Crippen molar-refractivity contribution in [2.45, 2.75) is 13.5 Å². The van der Waals surface area contributed by atoms with Gasteiger partial charge in [0.05, 0.1) is 0 Å². The first-order valence-corrected chi connectivity index (χ1v) is 6.39. The lowest BCUT2D eigenvalue weighted by molar-refractivity contribution is 0.0752. The number of benzene rings is 2. The quantitative estimate of drug-likeness (QED) is 0.853. The molecule has 0 heterocycles. The predicted octanol–water partition coefficient (Wildman–Crippen LogP) is 2.93. The van der Waals surface area contributed by atoms with Crippen LogP contribution >= 0.6 is 0 Å². The number of hydrogen-bond donors (Lipinski definition) is 1. The van der Waals surface area contributed by atoms with Crippen molar-refractivity contribution in [3.63, 3.8) is 0 Å². The molecular weight excluding hydrogens is 236 g/mol. The molecule has 0 spiro atoms. The molecule has 2 N–H and O–H groups in total. The molecule has 98 valence electrons. The topological polar surface area (TPSA) is 46.3 Å². The van der Waals surface area contributed by atoms with E-state index in [1.807, 2.05) is 66.4 Å². The van der Waals surface area contributed by atoms with Crippen LogP contribution in [-0.4, -0.2) is 17.4 Å². The molecule has 19 heavy (non-hydrogen) atoms. The molecule has 0 atom stereocenters. The van der Waals surface area contributed by atoms with Gasteiger partial charge in [-0.25, -0.2) is 0 Å². The number of nitrogens with zero attached hydrogens (tertiary/aromatic N) is 1. The number of hydrogen-bond acceptors (Lipinski definition) is 2. The maximum Gasteiger partial charge on any atom is 0.254 e. The molecule has 0 unspecified atom stereocenters. The van der Waals surface area contributed by atoms with Gasteiger partial charge in [0.25, 0.3) is 5.91 Å². The van der Waals surface area contributed by atoms with Crippen molar-refractivity contribution < 1.29 is 4.79 Å². The van der Waals surface area contributed by atoms with Crippen molar-refractivity contribution in [2.75, 3.05) is 12.3 Å². The Kier molecular flexibility index (Phi) is 4.18. The Bertz CT molecular complexity index is 552. The van der Waals surface area contributed by atoms with Gasteiger partial charge in [-0.3, -0.25) is 4.79 Å². The van der Waals surface area contributed by atoms with Crippen LogP contribution in [0.1, 0.15) is 22.8 Å². The summed E-state index contributed by atoms with van der Waals surface area (Å²) >= 11 is 0. The Labute approximate surface area is 113 Å². The second-order valence-corrected chi connectivity index (χ2v) is 4.43. The van der Waals surface area contributed by atoms with Crippen molar-refractivity contribution in [3.05, 3.63) is 65.7 Å². The Morgan fingerprint density at radius 3 is 2.47 bits per heavy atom. The highest BCUT2D eigenvalue weighted by molar-refractivity contribution is 5.94. The van der Waals surface area contributed by atoms with Crippen LogP contribution in [0.15, 0.2) is 54.6 Å². The summed E-state index contributed by atoms with van der Waals surface area (Å²) in [5.74, 6) is 0.0468. The van der Waals surface area contributed by atoms with E-state index in [-0.39, 0.29) is 5.91 Å². The summed E-state index contributed by atoms with van der Waals surface area (Å²) < 4.78 is 0. The van der Waals surface area contributed by atoms with Crippen molar-refractivity contribution >= 4 is 11.6 Å². The number of nitrogen functional groups attached to an aromatic ring is 1. The average Bonchev–Trinajstić information content (AvgIpc) is 2.45. The molecular formula is C16H18N2O. The van der Waals surface area contributed by atoms with E-state index in [0.29, 0.717) is 18.7 Å². The first-order valence-electron chi connectivity index (χ1n) is 6.39. The summed E-state index contributed by atoms with van der Waals surface area (Å²) in [7, 11) is 0. The number of nitrogens with two attached hydrogens (primary N) is 1. The molecule has 0 saturated carbocycles. The highest BCUT2D eigenvalue weighted by Gasteiger charge is 2.13. The number of anilines is 1. The average molecular weight is 254 g/mol. The van der Waals surface area contributed by atoms with E-state index >= 15 is 0 Å². The molecule has 0 aliphatic rings. The molecule has 2 aromatic rings. The Morgan fingerprint density at radius 2 is 1.84 bits per heavy atom. The minimum Gasteiger partial charge on any atom is -0.399 e. The molecule has 0 fully saturated rings. The van der Waals surface area contributed by atoms with Gasteiger partial charge >= 0.3 is 0 Å². The third-order valence-corrected chi connectivity index (χ3v) is 3.01. The Hall–Kier alpha value is -2.29. The minimum atomic E-state index is 0.0468. The Morgan fingerprint density at radius 1 is 1.11 bits per heavy atom. The summed E-state index contributed by atoms with van der Waals surface area (Å²) in [6, 6.07) is 17.0.